The normalized spacial score (nSPS) is 11.0. The molecule has 0 saturated heterocycles. The second kappa shape index (κ2) is 8.49. The Morgan fingerprint density at radius 2 is 1.75 bits per heavy atom. The number of hydrogen-bond acceptors (Lipinski definition) is 3. The van der Waals surface area contributed by atoms with Crippen LogP contribution in [0.4, 0.5) is 0 Å². The Morgan fingerprint density at radius 3 is 2.29 bits per heavy atom. The highest BCUT2D eigenvalue weighted by molar-refractivity contribution is 14.1. The van der Waals surface area contributed by atoms with Gasteiger partial charge in [-0.25, -0.2) is 4.79 Å². The molecule has 0 saturated carbocycles. The lowest BCUT2D eigenvalue weighted by Crippen LogP contribution is -2.24. The molecule has 0 fully saturated rings. The number of benzene rings is 2. The monoisotopic (exact) mass is 437 g/mol. The van der Waals surface area contributed by atoms with E-state index in [1.54, 1.807) is 24.3 Å². The molecule has 2 aromatic carbocycles. The Hall–Kier alpha value is -2.35. The maximum absolute atomic E-state index is 11.1. The standard InChI is InChI=1S/C18H16INO4/c1-12(21)20-17(18(22)23)10-13-4-8-16(9-5-13)24-11-14-2-6-15(19)7-3-14/h2-10H,11H2,1H3,(H,20,21)(H,22,23)/b17-10+. The molecule has 0 unspecified atom stereocenters. The van der Waals surface area contributed by atoms with E-state index in [0.29, 0.717) is 17.9 Å². The number of amides is 1. The molecule has 124 valence electrons. The van der Waals surface area contributed by atoms with Gasteiger partial charge in [-0.1, -0.05) is 24.3 Å². The molecule has 5 nitrogen and oxygen atoms in total. The van der Waals surface area contributed by atoms with Crippen LogP contribution in [0.15, 0.2) is 54.2 Å². The maximum Gasteiger partial charge on any atom is 0.352 e. The highest BCUT2D eigenvalue weighted by Gasteiger charge is 2.08. The van der Waals surface area contributed by atoms with Crippen LogP contribution < -0.4 is 10.1 Å². The van der Waals surface area contributed by atoms with Gasteiger partial charge in [-0.2, -0.15) is 0 Å². The van der Waals surface area contributed by atoms with E-state index in [-0.39, 0.29) is 5.70 Å². The van der Waals surface area contributed by atoms with Crippen LogP contribution in [0.25, 0.3) is 6.08 Å². The van der Waals surface area contributed by atoms with Gasteiger partial charge in [0.25, 0.3) is 0 Å². The summed E-state index contributed by atoms with van der Waals surface area (Å²) in [6.07, 6.45) is 1.40. The first-order chi connectivity index (χ1) is 11.4. The van der Waals surface area contributed by atoms with E-state index < -0.39 is 11.9 Å². The van der Waals surface area contributed by atoms with Gasteiger partial charge in [0.2, 0.25) is 5.91 Å². The summed E-state index contributed by atoms with van der Waals surface area (Å²) >= 11 is 2.25. The van der Waals surface area contributed by atoms with Crippen LogP contribution in [0.2, 0.25) is 0 Å². The molecule has 2 N–H and O–H groups in total. The van der Waals surface area contributed by atoms with Crippen molar-refractivity contribution in [1.29, 1.82) is 0 Å². The Balaban J connectivity index is 2.02. The smallest absolute Gasteiger partial charge is 0.352 e. The molecule has 0 spiro atoms. The quantitative estimate of drug-likeness (QED) is 0.537. The first kappa shape index (κ1) is 18.0. The van der Waals surface area contributed by atoms with Gasteiger partial charge in [-0.05, 0) is 64.1 Å². The van der Waals surface area contributed by atoms with E-state index in [0.717, 1.165) is 5.56 Å². The summed E-state index contributed by atoms with van der Waals surface area (Å²) in [5.41, 5.74) is 1.55. The lowest BCUT2D eigenvalue weighted by Gasteiger charge is -2.07. The van der Waals surface area contributed by atoms with Crippen molar-refractivity contribution in [2.45, 2.75) is 13.5 Å². The number of carboxylic acid groups (broad SMARTS) is 1. The van der Waals surface area contributed by atoms with Gasteiger partial charge in [0.15, 0.2) is 0 Å². The van der Waals surface area contributed by atoms with Gasteiger partial charge in [0.1, 0.15) is 18.1 Å². The molecule has 2 aromatic rings. The number of carbonyl (C=O) groups excluding carboxylic acids is 1. The predicted molar refractivity (Wildman–Crippen MR) is 99.4 cm³/mol. The molecule has 0 aliphatic heterocycles. The third-order valence-corrected chi connectivity index (χ3v) is 3.77. The first-order valence-corrected chi connectivity index (χ1v) is 8.22. The van der Waals surface area contributed by atoms with Gasteiger partial charge in [-0.3, -0.25) is 4.79 Å². The summed E-state index contributed by atoms with van der Waals surface area (Å²) in [7, 11) is 0. The number of carbonyl (C=O) groups is 2. The number of rotatable bonds is 6. The summed E-state index contributed by atoms with van der Waals surface area (Å²) < 4.78 is 6.86. The van der Waals surface area contributed by atoms with Crippen molar-refractivity contribution in [2.24, 2.45) is 0 Å². The number of aliphatic carboxylic acids is 1. The van der Waals surface area contributed by atoms with E-state index in [9.17, 15) is 9.59 Å². The zero-order chi connectivity index (χ0) is 17.5. The number of ether oxygens (including phenoxy) is 1. The molecular formula is C18H16INO4. The maximum atomic E-state index is 11.1. The Labute approximate surface area is 153 Å². The van der Waals surface area contributed by atoms with Crippen molar-refractivity contribution in [3.05, 3.63) is 68.9 Å². The zero-order valence-corrected chi connectivity index (χ0v) is 15.1. The zero-order valence-electron chi connectivity index (χ0n) is 13.0. The SMILES string of the molecule is CC(=O)N/C(=C/c1ccc(OCc2ccc(I)cc2)cc1)C(=O)O. The van der Waals surface area contributed by atoms with E-state index in [4.69, 9.17) is 9.84 Å². The van der Waals surface area contributed by atoms with Crippen LogP contribution in [0, 0.1) is 3.57 Å². The lowest BCUT2D eigenvalue weighted by molar-refractivity contribution is -0.134. The largest absolute Gasteiger partial charge is 0.489 e. The van der Waals surface area contributed by atoms with Gasteiger partial charge >= 0.3 is 5.97 Å². The fourth-order valence-corrected chi connectivity index (χ4v) is 2.27. The fourth-order valence-electron chi connectivity index (χ4n) is 1.92. The van der Waals surface area contributed by atoms with Crippen LogP contribution >= 0.6 is 22.6 Å². The van der Waals surface area contributed by atoms with Crippen molar-refractivity contribution in [3.8, 4) is 5.75 Å². The first-order valence-electron chi connectivity index (χ1n) is 7.14. The van der Waals surface area contributed by atoms with Crippen LogP contribution in [0.5, 0.6) is 5.75 Å². The molecule has 0 aliphatic rings. The van der Waals surface area contributed by atoms with Crippen LogP contribution in [-0.2, 0) is 16.2 Å². The van der Waals surface area contributed by atoms with E-state index in [1.807, 2.05) is 24.3 Å². The average molecular weight is 437 g/mol. The summed E-state index contributed by atoms with van der Waals surface area (Å²) in [4.78, 5) is 22.1. The fraction of sp³-hybridized carbons (Fsp3) is 0.111. The summed E-state index contributed by atoms with van der Waals surface area (Å²) in [5, 5.41) is 11.3. The number of hydrogen-bond donors (Lipinski definition) is 2. The molecule has 6 heteroatoms. The summed E-state index contributed by atoms with van der Waals surface area (Å²) in [6, 6.07) is 15.0. The molecule has 0 aromatic heterocycles. The van der Waals surface area contributed by atoms with Crippen LogP contribution in [0.3, 0.4) is 0 Å². The molecule has 0 bridgehead atoms. The highest BCUT2D eigenvalue weighted by Crippen LogP contribution is 2.16. The molecule has 24 heavy (non-hydrogen) atoms. The second-order valence-electron chi connectivity index (χ2n) is 5.03. The lowest BCUT2D eigenvalue weighted by atomic mass is 10.2. The number of halogens is 1. The third kappa shape index (κ3) is 5.69. The molecule has 1 amide bonds. The van der Waals surface area contributed by atoms with Gasteiger partial charge in [0, 0.05) is 10.5 Å². The Morgan fingerprint density at radius 1 is 1.12 bits per heavy atom. The van der Waals surface area contributed by atoms with Gasteiger partial charge in [0.05, 0.1) is 0 Å². The van der Waals surface area contributed by atoms with Crippen LogP contribution in [0.1, 0.15) is 18.1 Å². The van der Waals surface area contributed by atoms with E-state index in [1.165, 1.54) is 16.6 Å². The molecule has 0 radical (unpaired) electrons. The second-order valence-corrected chi connectivity index (χ2v) is 6.27. The average Bonchev–Trinajstić information content (AvgIpc) is 2.54. The summed E-state index contributed by atoms with van der Waals surface area (Å²) in [5.74, 6) is -0.938. The van der Waals surface area contributed by atoms with Crippen molar-refractivity contribution in [2.75, 3.05) is 0 Å². The molecule has 0 atom stereocenters. The molecule has 0 aliphatic carbocycles. The Kier molecular flexibility index (Phi) is 6.36. The summed E-state index contributed by atoms with van der Waals surface area (Å²) in [6.45, 7) is 1.72. The predicted octanol–water partition coefficient (Wildman–Crippen LogP) is 3.43. The minimum atomic E-state index is -1.19. The van der Waals surface area contributed by atoms with Gasteiger partial charge < -0.3 is 15.2 Å². The van der Waals surface area contributed by atoms with E-state index >= 15 is 0 Å². The van der Waals surface area contributed by atoms with Crippen molar-refractivity contribution < 1.29 is 19.4 Å². The highest BCUT2D eigenvalue weighted by atomic mass is 127. The number of carboxylic acids is 1. The number of nitrogens with one attached hydrogen (secondary N) is 1. The van der Waals surface area contributed by atoms with Gasteiger partial charge in [-0.15, -0.1) is 0 Å². The minimum absolute atomic E-state index is 0.171. The molecular weight excluding hydrogens is 421 g/mol. The van der Waals surface area contributed by atoms with E-state index in [2.05, 4.69) is 27.9 Å². The van der Waals surface area contributed by atoms with Crippen molar-refractivity contribution >= 4 is 40.5 Å². The third-order valence-electron chi connectivity index (χ3n) is 3.05. The molecule has 2 rings (SSSR count). The van der Waals surface area contributed by atoms with Crippen LogP contribution in [-0.4, -0.2) is 17.0 Å². The van der Waals surface area contributed by atoms with Crippen molar-refractivity contribution in [1.82, 2.24) is 5.32 Å². The Bertz CT molecular complexity index is 752. The topological polar surface area (TPSA) is 75.6 Å². The molecule has 0 heterocycles. The minimum Gasteiger partial charge on any atom is -0.489 e. The van der Waals surface area contributed by atoms with Crippen molar-refractivity contribution in [3.63, 3.8) is 0 Å².